The van der Waals surface area contributed by atoms with Crippen molar-refractivity contribution >= 4 is 0 Å². The van der Waals surface area contributed by atoms with Gasteiger partial charge in [-0.2, -0.15) is 0 Å². The Bertz CT molecular complexity index is 358. The van der Waals surface area contributed by atoms with E-state index in [2.05, 4.69) is 39.8 Å². The minimum absolute atomic E-state index is 0.128. The molecule has 1 rings (SSSR count). The van der Waals surface area contributed by atoms with Crippen LogP contribution in [-0.2, 0) is 0 Å². The Morgan fingerprint density at radius 2 is 1.88 bits per heavy atom. The van der Waals surface area contributed by atoms with E-state index in [1.807, 2.05) is 0 Å². The molecular formula is C14H23NO. The Hall–Kier alpha value is -1.02. The van der Waals surface area contributed by atoms with E-state index < -0.39 is 0 Å². The second-order valence-corrected chi connectivity index (χ2v) is 4.62. The second kappa shape index (κ2) is 5.35. The van der Waals surface area contributed by atoms with Gasteiger partial charge in [0.1, 0.15) is 5.75 Å². The fraction of sp³-hybridized carbons (Fsp3) is 0.571. The van der Waals surface area contributed by atoms with E-state index in [4.69, 9.17) is 10.5 Å². The first-order chi connectivity index (χ1) is 7.51. The predicted molar refractivity (Wildman–Crippen MR) is 69.0 cm³/mol. The molecule has 2 heteroatoms. The molecule has 0 fully saturated rings. The van der Waals surface area contributed by atoms with Crippen LogP contribution in [0, 0.1) is 6.92 Å². The van der Waals surface area contributed by atoms with Crippen molar-refractivity contribution in [2.75, 3.05) is 7.11 Å². The van der Waals surface area contributed by atoms with Crippen LogP contribution in [-0.4, -0.2) is 7.11 Å². The molecule has 1 aromatic rings. The third kappa shape index (κ3) is 2.56. The SMILES string of the molecule is CCC(N)c1cc(C(C)C)c(OC)cc1C. The van der Waals surface area contributed by atoms with Crippen LogP contribution < -0.4 is 10.5 Å². The lowest BCUT2D eigenvalue weighted by Crippen LogP contribution is -2.11. The van der Waals surface area contributed by atoms with Crippen LogP contribution in [0.4, 0.5) is 0 Å². The average molecular weight is 221 g/mol. The van der Waals surface area contributed by atoms with Crippen molar-refractivity contribution in [2.45, 2.75) is 46.1 Å². The first-order valence-corrected chi connectivity index (χ1v) is 5.95. The van der Waals surface area contributed by atoms with Gasteiger partial charge < -0.3 is 10.5 Å². The van der Waals surface area contributed by atoms with Crippen molar-refractivity contribution < 1.29 is 4.74 Å². The van der Waals surface area contributed by atoms with Gasteiger partial charge >= 0.3 is 0 Å². The van der Waals surface area contributed by atoms with E-state index in [0.717, 1.165) is 12.2 Å². The summed E-state index contributed by atoms with van der Waals surface area (Å²) in [5, 5.41) is 0. The fourth-order valence-electron chi connectivity index (χ4n) is 1.96. The highest BCUT2D eigenvalue weighted by atomic mass is 16.5. The number of hydrogen-bond acceptors (Lipinski definition) is 2. The van der Waals surface area contributed by atoms with Crippen molar-refractivity contribution in [2.24, 2.45) is 5.73 Å². The largest absolute Gasteiger partial charge is 0.496 e. The summed E-state index contributed by atoms with van der Waals surface area (Å²) >= 11 is 0. The summed E-state index contributed by atoms with van der Waals surface area (Å²) in [5.74, 6) is 1.43. The number of nitrogens with two attached hydrogens (primary N) is 1. The Kier molecular flexibility index (Phi) is 4.36. The van der Waals surface area contributed by atoms with Crippen LogP contribution in [0.15, 0.2) is 12.1 Å². The molecule has 0 aliphatic heterocycles. The van der Waals surface area contributed by atoms with Crippen molar-refractivity contribution in [1.29, 1.82) is 0 Å². The maximum absolute atomic E-state index is 6.11. The molecule has 0 aliphatic carbocycles. The highest BCUT2D eigenvalue weighted by Gasteiger charge is 2.14. The number of methoxy groups -OCH3 is 1. The van der Waals surface area contributed by atoms with E-state index in [-0.39, 0.29) is 6.04 Å². The predicted octanol–water partition coefficient (Wildman–Crippen LogP) is 3.54. The van der Waals surface area contributed by atoms with E-state index in [9.17, 15) is 0 Å². The topological polar surface area (TPSA) is 35.2 Å². The molecule has 1 unspecified atom stereocenters. The second-order valence-electron chi connectivity index (χ2n) is 4.62. The smallest absolute Gasteiger partial charge is 0.122 e. The fourth-order valence-corrected chi connectivity index (χ4v) is 1.96. The van der Waals surface area contributed by atoms with Crippen LogP contribution >= 0.6 is 0 Å². The zero-order chi connectivity index (χ0) is 12.3. The van der Waals surface area contributed by atoms with Gasteiger partial charge in [0.25, 0.3) is 0 Å². The zero-order valence-corrected chi connectivity index (χ0v) is 11.0. The lowest BCUT2D eigenvalue weighted by Gasteiger charge is -2.19. The van der Waals surface area contributed by atoms with Gasteiger partial charge in [-0.15, -0.1) is 0 Å². The molecule has 0 aromatic heterocycles. The molecular weight excluding hydrogens is 198 g/mol. The van der Waals surface area contributed by atoms with Crippen molar-refractivity contribution in [1.82, 2.24) is 0 Å². The maximum atomic E-state index is 6.11. The van der Waals surface area contributed by atoms with Crippen LogP contribution in [0.1, 0.15) is 55.8 Å². The third-order valence-corrected chi connectivity index (χ3v) is 3.08. The number of rotatable bonds is 4. The summed E-state index contributed by atoms with van der Waals surface area (Å²) < 4.78 is 5.42. The van der Waals surface area contributed by atoms with Gasteiger partial charge in [-0.05, 0) is 42.0 Å². The normalized spacial score (nSPS) is 12.9. The molecule has 90 valence electrons. The average Bonchev–Trinajstić information content (AvgIpc) is 2.27. The van der Waals surface area contributed by atoms with Gasteiger partial charge in [0.05, 0.1) is 7.11 Å². The third-order valence-electron chi connectivity index (χ3n) is 3.08. The summed E-state index contributed by atoms with van der Waals surface area (Å²) in [7, 11) is 1.72. The molecule has 2 N–H and O–H groups in total. The van der Waals surface area contributed by atoms with Gasteiger partial charge in [0, 0.05) is 6.04 Å². The Morgan fingerprint density at radius 3 is 2.31 bits per heavy atom. The standard InChI is InChI=1S/C14H23NO/c1-6-13(15)12-8-11(9(2)3)14(16-5)7-10(12)4/h7-9,13H,6,15H2,1-5H3. The van der Waals surface area contributed by atoms with Crippen molar-refractivity contribution in [3.05, 3.63) is 28.8 Å². The number of benzene rings is 1. The maximum Gasteiger partial charge on any atom is 0.122 e. The van der Waals surface area contributed by atoms with E-state index in [0.29, 0.717) is 5.92 Å². The molecule has 0 bridgehead atoms. The molecule has 0 heterocycles. The van der Waals surface area contributed by atoms with Crippen molar-refractivity contribution in [3.63, 3.8) is 0 Å². The first-order valence-electron chi connectivity index (χ1n) is 5.95. The molecule has 0 aliphatic rings. The highest BCUT2D eigenvalue weighted by Crippen LogP contribution is 2.32. The van der Waals surface area contributed by atoms with Crippen LogP contribution in [0.25, 0.3) is 0 Å². The van der Waals surface area contributed by atoms with E-state index in [1.54, 1.807) is 7.11 Å². The molecule has 1 aromatic carbocycles. The monoisotopic (exact) mass is 221 g/mol. The highest BCUT2D eigenvalue weighted by molar-refractivity contribution is 5.45. The minimum atomic E-state index is 0.128. The van der Waals surface area contributed by atoms with Crippen molar-refractivity contribution in [3.8, 4) is 5.75 Å². The summed E-state index contributed by atoms with van der Waals surface area (Å²) in [6, 6.07) is 4.43. The van der Waals surface area contributed by atoms with E-state index in [1.165, 1.54) is 16.7 Å². The molecule has 0 saturated carbocycles. The van der Waals surface area contributed by atoms with E-state index >= 15 is 0 Å². The summed E-state index contributed by atoms with van der Waals surface area (Å²) in [6.07, 6.45) is 0.963. The Labute approximate surface area is 98.8 Å². The quantitative estimate of drug-likeness (QED) is 0.844. The van der Waals surface area contributed by atoms with Crippen LogP contribution in [0.5, 0.6) is 5.75 Å². The van der Waals surface area contributed by atoms with Gasteiger partial charge in [-0.3, -0.25) is 0 Å². The first kappa shape index (κ1) is 13.0. The van der Waals surface area contributed by atoms with Gasteiger partial charge in [-0.1, -0.05) is 26.8 Å². The molecule has 16 heavy (non-hydrogen) atoms. The molecule has 0 radical (unpaired) electrons. The zero-order valence-electron chi connectivity index (χ0n) is 11.0. The lowest BCUT2D eigenvalue weighted by molar-refractivity contribution is 0.406. The lowest BCUT2D eigenvalue weighted by atomic mass is 9.92. The van der Waals surface area contributed by atoms with Gasteiger partial charge in [0.15, 0.2) is 0 Å². The molecule has 0 spiro atoms. The molecule has 0 amide bonds. The van der Waals surface area contributed by atoms with Gasteiger partial charge in [0.2, 0.25) is 0 Å². The molecule has 1 atom stereocenters. The Balaban J connectivity index is 3.27. The molecule has 2 nitrogen and oxygen atoms in total. The number of ether oxygens (including phenoxy) is 1. The van der Waals surface area contributed by atoms with Crippen LogP contribution in [0.3, 0.4) is 0 Å². The summed E-state index contributed by atoms with van der Waals surface area (Å²) in [6.45, 7) is 8.56. The number of hydrogen-bond donors (Lipinski definition) is 1. The summed E-state index contributed by atoms with van der Waals surface area (Å²) in [4.78, 5) is 0. The molecule has 0 saturated heterocycles. The minimum Gasteiger partial charge on any atom is -0.496 e. The number of aryl methyl sites for hydroxylation is 1. The Morgan fingerprint density at radius 1 is 1.25 bits per heavy atom. The van der Waals surface area contributed by atoms with Crippen LogP contribution in [0.2, 0.25) is 0 Å². The van der Waals surface area contributed by atoms with Gasteiger partial charge in [-0.25, -0.2) is 0 Å². The summed E-state index contributed by atoms with van der Waals surface area (Å²) in [5.41, 5.74) is 9.82.